The maximum Gasteiger partial charge on any atom is 0.490 e. The number of piperazine rings is 1. The molecule has 1 heterocycles. The van der Waals surface area contributed by atoms with E-state index in [-0.39, 0.29) is 0 Å². The number of rotatable bonds is 5. The van der Waals surface area contributed by atoms with Crippen LogP contribution in [0.1, 0.15) is 37.7 Å². The average Bonchev–Trinajstić information content (AvgIpc) is 3.30. The third kappa shape index (κ3) is 12.5. The van der Waals surface area contributed by atoms with E-state index in [0.29, 0.717) is 0 Å². The van der Waals surface area contributed by atoms with E-state index in [0.717, 1.165) is 17.5 Å². The van der Waals surface area contributed by atoms with Gasteiger partial charge in [-0.1, -0.05) is 42.6 Å². The lowest BCUT2D eigenvalue weighted by Crippen LogP contribution is -2.49. The van der Waals surface area contributed by atoms with E-state index < -0.39 is 24.3 Å². The minimum absolute atomic E-state index is 0.898. The maximum absolute atomic E-state index is 10.6. The molecule has 0 atom stereocenters. The highest BCUT2D eigenvalue weighted by atomic mass is 35.5. The highest BCUT2D eigenvalue weighted by Gasteiger charge is 2.38. The quantitative estimate of drug-likeness (QED) is 0.512. The molecule has 2 N–H and O–H groups in total. The van der Waals surface area contributed by atoms with Crippen molar-refractivity contribution in [2.75, 3.05) is 32.7 Å². The molecule has 0 radical (unpaired) electrons. The molecule has 1 aliphatic heterocycles. The van der Waals surface area contributed by atoms with Gasteiger partial charge < -0.3 is 15.1 Å². The summed E-state index contributed by atoms with van der Waals surface area (Å²) in [4.78, 5) is 23.2. The Kier molecular flexibility index (Phi) is 12.8. The van der Waals surface area contributed by atoms with E-state index in [1.54, 1.807) is 0 Å². The molecule has 0 amide bonds. The van der Waals surface area contributed by atoms with Crippen LogP contribution in [-0.2, 0) is 16.0 Å². The number of aryl methyl sites for hydroxylation is 1. The topological polar surface area (TPSA) is 81.1 Å². The van der Waals surface area contributed by atoms with Crippen LogP contribution in [0.4, 0.5) is 26.3 Å². The Labute approximate surface area is 204 Å². The first-order chi connectivity index (χ1) is 16.2. The summed E-state index contributed by atoms with van der Waals surface area (Å²) in [6, 6.07) is 9.14. The molecule has 3 rings (SSSR count). The van der Waals surface area contributed by atoms with Gasteiger partial charge in [-0.15, -0.1) is 0 Å². The van der Waals surface area contributed by atoms with E-state index in [9.17, 15) is 26.3 Å². The second-order valence-corrected chi connectivity index (χ2v) is 8.52. The van der Waals surface area contributed by atoms with Gasteiger partial charge >= 0.3 is 24.3 Å². The van der Waals surface area contributed by atoms with Crippen LogP contribution in [0, 0.1) is 0 Å². The van der Waals surface area contributed by atoms with Gasteiger partial charge in [0.1, 0.15) is 0 Å². The van der Waals surface area contributed by atoms with Gasteiger partial charge in [-0.3, -0.25) is 4.90 Å². The molecule has 1 saturated carbocycles. The molecule has 200 valence electrons. The number of benzene rings is 1. The molecule has 1 aliphatic carbocycles. The van der Waals surface area contributed by atoms with Crippen molar-refractivity contribution in [3.63, 3.8) is 0 Å². The monoisotopic (exact) mass is 534 g/mol. The average molecular weight is 535 g/mol. The predicted octanol–water partition coefficient (Wildman–Crippen LogP) is 5.10. The summed E-state index contributed by atoms with van der Waals surface area (Å²) >= 11 is 6.22. The van der Waals surface area contributed by atoms with Crippen LogP contribution >= 0.6 is 11.6 Å². The van der Waals surface area contributed by atoms with E-state index in [1.165, 1.54) is 70.4 Å². The molecule has 0 bridgehead atoms. The van der Waals surface area contributed by atoms with Crippen molar-refractivity contribution in [1.29, 1.82) is 0 Å². The molecule has 2 aliphatic rings. The molecule has 35 heavy (non-hydrogen) atoms. The van der Waals surface area contributed by atoms with Gasteiger partial charge in [0.05, 0.1) is 0 Å². The van der Waals surface area contributed by atoms with E-state index in [2.05, 4.69) is 21.9 Å². The van der Waals surface area contributed by atoms with Gasteiger partial charge in [0.15, 0.2) is 0 Å². The fourth-order valence-electron chi connectivity index (χ4n) is 3.82. The van der Waals surface area contributed by atoms with Crippen LogP contribution in [-0.4, -0.2) is 83.1 Å². The minimum atomic E-state index is -5.08. The van der Waals surface area contributed by atoms with Gasteiger partial charge in [0.2, 0.25) is 0 Å². The lowest BCUT2D eigenvalue weighted by Gasteiger charge is -2.38. The number of halogens is 7. The zero-order valence-corrected chi connectivity index (χ0v) is 19.7. The van der Waals surface area contributed by atoms with Crippen molar-refractivity contribution in [2.24, 2.45) is 0 Å². The molecule has 13 heteroatoms. The first-order valence-corrected chi connectivity index (χ1v) is 11.4. The van der Waals surface area contributed by atoms with Gasteiger partial charge in [0.25, 0.3) is 0 Å². The molecule has 0 aromatic heterocycles. The van der Waals surface area contributed by atoms with Crippen LogP contribution in [0.3, 0.4) is 0 Å². The largest absolute Gasteiger partial charge is 0.490 e. The van der Waals surface area contributed by atoms with Crippen molar-refractivity contribution in [3.05, 3.63) is 34.9 Å². The van der Waals surface area contributed by atoms with Crippen molar-refractivity contribution < 1.29 is 46.1 Å². The van der Waals surface area contributed by atoms with Crippen LogP contribution in [0.25, 0.3) is 0 Å². The molecule has 1 aromatic carbocycles. The van der Waals surface area contributed by atoms with Gasteiger partial charge in [-0.25, -0.2) is 9.59 Å². The van der Waals surface area contributed by atoms with Crippen molar-refractivity contribution in [1.82, 2.24) is 9.80 Å². The number of aliphatic carboxylic acids is 2. The summed E-state index contributed by atoms with van der Waals surface area (Å²) in [5.41, 5.74) is 1.30. The molecule has 2 fully saturated rings. The number of nitrogens with zero attached hydrogens (tertiary/aromatic N) is 2. The van der Waals surface area contributed by atoms with Crippen molar-refractivity contribution in [3.8, 4) is 0 Å². The third-order valence-corrected chi connectivity index (χ3v) is 5.98. The lowest BCUT2D eigenvalue weighted by atomic mass is 10.1. The number of carboxylic acid groups (broad SMARTS) is 2. The van der Waals surface area contributed by atoms with Crippen LogP contribution in [0.5, 0.6) is 0 Å². The molecule has 6 nitrogen and oxygen atoms in total. The van der Waals surface area contributed by atoms with E-state index >= 15 is 0 Å². The normalized spacial score (nSPS) is 17.7. The fraction of sp³-hybridized carbons (Fsp3) is 0.636. The number of hydrogen-bond donors (Lipinski definition) is 2. The van der Waals surface area contributed by atoms with E-state index in [4.69, 9.17) is 31.4 Å². The zero-order valence-electron chi connectivity index (χ0n) is 18.9. The highest BCUT2D eigenvalue weighted by Crippen LogP contribution is 2.24. The summed E-state index contributed by atoms with van der Waals surface area (Å²) in [5, 5.41) is 15.2. The molecule has 0 unspecified atom stereocenters. The van der Waals surface area contributed by atoms with Crippen LogP contribution in [0.15, 0.2) is 24.3 Å². The molecular weight excluding hydrogens is 506 g/mol. The first kappa shape index (κ1) is 31.0. The number of alkyl halides is 6. The Morgan fingerprint density at radius 3 is 1.77 bits per heavy atom. The lowest BCUT2D eigenvalue weighted by molar-refractivity contribution is -0.193. The first-order valence-electron chi connectivity index (χ1n) is 11.0. The Balaban J connectivity index is 0.000000362. The van der Waals surface area contributed by atoms with Crippen LogP contribution in [0.2, 0.25) is 5.02 Å². The number of hydrogen-bond acceptors (Lipinski definition) is 4. The summed E-state index contributed by atoms with van der Waals surface area (Å²) in [6.45, 7) is 6.26. The smallest absolute Gasteiger partial charge is 0.475 e. The molecule has 1 saturated heterocycles. The van der Waals surface area contributed by atoms with Crippen molar-refractivity contribution in [2.45, 2.75) is 56.9 Å². The Bertz CT molecular complexity index is 769. The Morgan fingerprint density at radius 2 is 1.34 bits per heavy atom. The number of carbonyl (C=O) groups is 2. The van der Waals surface area contributed by atoms with Gasteiger partial charge in [0, 0.05) is 37.2 Å². The summed E-state index contributed by atoms with van der Waals surface area (Å²) in [7, 11) is 0. The summed E-state index contributed by atoms with van der Waals surface area (Å²) in [6.07, 6.45) is -2.08. The standard InChI is InChI=1S/C18H27ClN2.2C2HF3O2/c19-18-10-4-1-6-16(18)7-5-11-20-12-14-21(15-13-20)17-8-2-3-9-17;2*3-2(4,5)1(6)7/h1,4,6,10,17H,2-3,5,7-9,11-15H2;2*(H,6,7). The molecular formula is C22H29ClF6N2O4. The zero-order chi connectivity index (χ0) is 26.6. The second kappa shape index (κ2) is 14.5. The second-order valence-electron chi connectivity index (χ2n) is 8.12. The molecule has 1 aromatic rings. The number of carboxylic acids is 2. The molecule has 0 spiro atoms. The highest BCUT2D eigenvalue weighted by molar-refractivity contribution is 6.31. The van der Waals surface area contributed by atoms with Crippen LogP contribution < -0.4 is 0 Å². The Hall–Kier alpha value is -2.05. The minimum Gasteiger partial charge on any atom is -0.475 e. The SMILES string of the molecule is Clc1ccccc1CCCN1CCN(C2CCCC2)CC1.O=C(O)C(F)(F)F.O=C(O)C(F)(F)F. The summed E-state index contributed by atoms with van der Waals surface area (Å²) in [5.74, 6) is -5.51. The summed E-state index contributed by atoms with van der Waals surface area (Å²) < 4.78 is 63.5. The van der Waals surface area contributed by atoms with Gasteiger partial charge in [-0.2, -0.15) is 26.3 Å². The van der Waals surface area contributed by atoms with Gasteiger partial charge in [-0.05, 0) is 43.9 Å². The Morgan fingerprint density at radius 1 is 0.886 bits per heavy atom. The van der Waals surface area contributed by atoms with E-state index in [1.807, 2.05) is 12.1 Å². The predicted molar refractivity (Wildman–Crippen MR) is 117 cm³/mol. The maximum atomic E-state index is 10.6. The third-order valence-electron chi connectivity index (χ3n) is 5.61. The van der Waals surface area contributed by atoms with Crippen molar-refractivity contribution >= 4 is 23.5 Å². The fourth-order valence-corrected chi connectivity index (χ4v) is 4.05.